The Balaban J connectivity index is 0.855. The molecule has 0 N–H and O–H groups in total. The van der Waals surface area contributed by atoms with Crippen LogP contribution in [-0.2, 0) is 0 Å². The minimum atomic E-state index is 1.16. The van der Waals surface area contributed by atoms with Gasteiger partial charge in [-0.2, -0.15) is 0 Å². The highest BCUT2D eigenvalue weighted by Crippen LogP contribution is 2.41. The fourth-order valence-corrected chi connectivity index (χ4v) is 10.1. The summed E-state index contributed by atoms with van der Waals surface area (Å²) in [7, 11) is 0. The summed E-state index contributed by atoms with van der Waals surface area (Å²) in [6, 6.07) is 75.5. The monoisotopic (exact) mass is 742 g/mol. The molecule has 0 aliphatic rings. The lowest BCUT2D eigenvalue weighted by Gasteiger charge is -2.11. The van der Waals surface area contributed by atoms with E-state index in [9.17, 15) is 0 Å². The molecule has 0 unspecified atom stereocenters. The van der Waals surface area contributed by atoms with E-state index in [0.717, 1.165) is 5.69 Å². The molecule has 0 amide bonds. The third-order valence-electron chi connectivity index (χ3n) is 11.8. The summed E-state index contributed by atoms with van der Waals surface area (Å²) in [6.07, 6.45) is 0. The van der Waals surface area contributed by atoms with Crippen LogP contribution in [0.4, 0.5) is 0 Å². The predicted octanol–water partition coefficient (Wildman–Crippen LogP) is 15.2. The summed E-state index contributed by atoms with van der Waals surface area (Å²) < 4.78 is 7.47. The molecule has 12 aromatic rings. The van der Waals surface area contributed by atoms with Gasteiger partial charge < -0.3 is 9.13 Å². The number of benzene rings is 9. The van der Waals surface area contributed by atoms with E-state index in [1.165, 1.54) is 103 Å². The molecule has 0 saturated carbocycles. The Morgan fingerprint density at radius 1 is 0.246 bits per heavy atom. The number of aromatic nitrogens is 2. The summed E-state index contributed by atoms with van der Waals surface area (Å²) in [5.74, 6) is 0. The summed E-state index contributed by atoms with van der Waals surface area (Å²) in [4.78, 5) is 0. The van der Waals surface area contributed by atoms with Crippen molar-refractivity contribution in [2.45, 2.75) is 0 Å². The molecule has 9 aromatic carbocycles. The molecule has 0 aliphatic heterocycles. The van der Waals surface area contributed by atoms with Crippen molar-refractivity contribution in [2.75, 3.05) is 0 Å². The lowest BCUT2D eigenvalue weighted by molar-refractivity contribution is 1.18. The molecule has 0 aliphatic carbocycles. The van der Waals surface area contributed by atoms with Crippen molar-refractivity contribution in [1.29, 1.82) is 0 Å². The molecule has 2 nitrogen and oxygen atoms in total. The van der Waals surface area contributed by atoms with Crippen LogP contribution >= 0.6 is 11.3 Å². The van der Waals surface area contributed by atoms with Gasteiger partial charge in [-0.3, -0.25) is 0 Å². The molecule has 3 heteroatoms. The number of nitrogens with zero attached hydrogens (tertiary/aromatic N) is 2. The molecular formula is C54H34N2S. The van der Waals surface area contributed by atoms with Gasteiger partial charge in [-0.1, -0.05) is 140 Å². The summed E-state index contributed by atoms with van der Waals surface area (Å²) in [5, 5.41) is 7.78. The van der Waals surface area contributed by atoms with Crippen molar-refractivity contribution in [3.63, 3.8) is 0 Å². The third kappa shape index (κ3) is 5.10. The standard InChI is InChI=1S/C54H34N2S/c1-2-10-35(11-3-1)40-26-31-51-46(32-40)43-12-4-7-15-49(43)55(51)41-27-22-38(23-28-41)36-18-20-37(21-19-36)39-24-29-42(30-25-39)56-50-16-8-5-13-44(50)47-33-48-45-14-6-9-17-53(45)57-54(48)34-52(47)56/h1-34H. The van der Waals surface area contributed by atoms with Crippen LogP contribution in [0.3, 0.4) is 0 Å². The number of hydrogen-bond acceptors (Lipinski definition) is 1. The van der Waals surface area contributed by atoms with Crippen LogP contribution in [0.1, 0.15) is 0 Å². The fraction of sp³-hybridized carbons (Fsp3) is 0. The van der Waals surface area contributed by atoms with E-state index >= 15 is 0 Å². The van der Waals surface area contributed by atoms with Gasteiger partial charge in [0.2, 0.25) is 0 Å². The van der Waals surface area contributed by atoms with E-state index in [0.29, 0.717) is 0 Å². The van der Waals surface area contributed by atoms with Crippen LogP contribution in [0, 0.1) is 0 Å². The van der Waals surface area contributed by atoms with Gasteiger partial charge in [0.25, 0.3) is 0 Å². The molecule has 0 saturated heterocycles. The Morgan fingerprint density at radius 2 is 0.684 bits per heavy atom. The molecule has 0 fully saturated rings. The fourth-order valence-electron chi connectivity index (χ4n) is 8.99. The Bertz CT molecular complexity index is 3470. The maximum atomic E-state index is 2.42. The molecule has 0 bridgehead atoms. The Morgan fingerprint density at radius 3 is 1.30 bits per heavy atom. The Labute approximate surface area is 333 Å². The van der Waals surface area contributed by atoms with Crippen molar-refractivity contribution in [1.82, 2.24) is 9.13 Å². The molecule has 12 rings (SSSR count). The van der Waals surface area contributed by atoms with Crippen molar-refractivity contribution in [3.05, 3.63) is 206 Å². The predicted molar refractivity (Wildman–Crippen MR) is 244 cm³/mol. The van der Waals surface area contributed by atoms with Crippen LogP contribution < -0.4 is 0 Å². The number of rotatable bonds is 5. The smallest absolute Gasteiger partial charge is 0.0555 e. The average Bonchev–Trinajstić information content (AvgIpc) is 3.93. The minimum absolute atomic E-state index is 1.16. The largest absolute Gasteiger partial charge is 0.309 e. The molecule has 3 heterocycles. The van der Waals surface area contributed by atoms with Gasteiger partial charge in [0.1, 0.15) is 0 Å². The SMILES string of the molecule is c1ccc(-c2ccc3c(c2)c2ccccc2n3-c2ccc(-c3ccc(-c4ccc(-n5c6ccccc6c6cc7c(cc65)sc5ccccc57)cc4)cc3)cc2)cc1. The Hall–Kier alpha value is -7.20. The first-order chi connectivity index (χ1) is 28.2. The van der Waals surface area contributed by atoms with Gasteiger partial charge in [-0.05, 0) is 100 Å². The van der Waals surface area contributed by atoms with E-state index in [2.05, 4.69) is 215 Å². The van der Waals surface area contributed by atoms with Gasteiger partial charge in [0.05, 0.1) is 22.1 Å². The molecule has 57 heavy (non-hydrogen) atoms. The van der Waals surface area contributed by atoms with Gasteiger partial charge in [-0.15, -0.1) is 11.3 Å². The zero-order valence-corrected chi connectivity index (χ0v) is 31.7. The van der Waals surface area contributed by atoms with Crippen LogP contribution in [-0.4, -0.2) is 9.13 Å². The van der Waals surface area contributed by atoms with Crippen molar-refractivity contribution < 1.29 is 0 Å². The van der Waals surface area contributed by atoms with E-state index < -0.39 is 0 Å². The van der Waals surface area contributed by atoms with Crippen molar-refractivity contribution in [2.24, 2.45) is 0 Å². The van der Waals surface area contributed by atoms with E-state index in [-0.39, 0.29) is 0 Å². The third-order valence-corrected chi connectivity index (χ3v) is 12.9. The molecular weight excluding hydrogens is 709 g/mol. The maximum absolute atomic E-state index is 2.42. The number of thiophene rings is 1. The van der Waals surface area contributed by atoms with Crippen LogP contribution in [0.25, 0.3) is 109 Å². The normalized spacial score (nSPS) is 11.9. The molecule has 0 spiro atoms. The second kappa shape index (κ2) is 12.7. The molecule has 3 aromatic heterocycles. The van der Waals surface area contributed by atoms with Crippen LogP contribution in [0.15, 0.2) is 206 Å². The lowest BCUT2D eigenvalue weighted by atomic mass is 10.00. The number of hydrogen-bond donors (Lipinski definition) is 0. The minimum Gasteiger partial charge on any atom is -0.309 e. The first kappa shape index (κ1) is 32.1. The average molecular weight is 743 g/mol. The lowest BCUT2D eigenvalue weighted by Crippen LogP contribution is -1.94. The van der Waals surface area contributed by atoms with Gasteiger partial charge in [-0.25, -0.2) is 0 Å². The first-order valence-electron chi connectivity index (χ1n) is 19.5. The molecule has 0 radical (unpaired) electrons. The van der Waals surface area contributed by atoms with Crippen LogP contribution in [0.2, 0.25) is 0 Å². The van der Waals surface area contributed by atoms with Crippen LogP contribution in [0.5, 0.6) is 0 Å². The summed E-state index contributed by atoms with van der Waals surface area (Å²) in [5.41, 5.74) is 14.5. The number of fused-ring (bicyclic) bond motifs is 9. The number of para-hydroxylation sites is 2. The van der Waals surface area contributed by atoms with Gasteiger partial charge >= 0.3 is 0 Å². The zero-order valence-electron chi connectivity index (χ0n) is 30.9. The highest BCUT2D eigenvalue weighted by Gasteiger charge is 2.16. The van der Waals surface area contributed by atoms with E-state index in [4.69, 9.17) is 0 Å². The van der Waals surface area contributed by atoms with E-state index in [1.54, 1.807) is 0 Å². The summed E-state index contributed by atoms with van der Waals surface area (Å²) >= 11 is 1.88. The van der Waals surface area contributed by atoms with Crippen molar-refractivity contribution >= 4 is 75.1 Å². The molecule has 266 valence electrons. The summed E-state index contributed by atoms with van der Waals surface area (Å²) in [6.45, 7) is 0. The highest BCUT2D eigenvalue weighted by molar-refractivity contribution is 7.25. The maximum Gasteiger partial charge on any atom is 0.0555 e. The second-order valence-corrected chi connectivity index (χ2v) is 16.0. The Kier molecular flexibility index (Phi) is 7.13. The first-order valence-corrected chi connectivity index (χ1v) is 20.3. The molecule has 0 atom stereocenters. The van der Waals surface area contributed by atoms with Gasteiger partial charge in [0, 0.05) is 53.1 Å². The van der Waals surface area contributed by atoms with E-state index in [1.807, 2.05) is 11.3 Å². The van der Waals surface area contributed by atoms with Crippen molar-refractivity contribution in [3.8, 4) is 44.8 Å². The topological polar surface area (TPSA) is 9.86 Å². The highest BCUT2D eigenvalue weighted by atomic mass is 32.1. The second-order valence-electron chi connectivity index (χ2n) is 14.9. The quantitative estimate of drug-likeness (QED) is 0.166. The zero-order chi connectivity index (χ0) is 37.5. The van der Waals surface area contributed by atoms with Gasteiger partial charge in [0.15, 0.2) is 0 Å².